The van der Waals surface area contributed by atoms with Crippen molar-refractivity contribution in [3.8, 4) is 5.75 Å². The lowest BCUT2D eigenvalue weighted by Crippen LogP contribution is -2.07. The first-order valence-electron chi connectivity index (χ1n) is 12.4. The molecule has 0 bridgehead atoms. The van der Waals surface area contributed by atoms with Gasteiger partial charge in [0, 0.05) is 17.8 Å². The molecule has 4 rings (SSSR count). The summed E-state index contributed by atoms with van der Waals surface area (Å²) >= 11 is 0. The third-order valence-electron chi connectivity index (χ3n) is 5.55. The van der Waals surface area contributed by atoms with E-state index >= 15 is 0 Å². The lowest BCUT2D eigenvalue weighted by atomic mass is 10.1. The molecule has 1 N–H and O–H groups in total. The first-order chi connectivity index (χ1) is 18.3. The number of aryl methyl sites for hydroxylation is 4. The Kier molecular flexibility index (Phi) is 10.4. The van der Waals surface area contributed by atoms with Crippen LogP contribution in [0.4, 0.5) is 5.69 Å². The second kappa shape index (κ2) is 14.1. The molecule has 0 spiro atoms. The van der Waals surface area contributed by atoms with Crippen molar-refractivity contribution in [2.75, 3.05) is 5.32 Å². The molecular formula is C34H33NO3. The zero-order valence-electron chi connectivity index (χ0n) is 22.3. The van der Waals surface area contributed by atoms with Crippen molar-refractivity contribution in [3.63, 3.8) is 0 Å². The summed E-state index contributed by atoms with van der Waals surface area (Å²) in [4.78, 5) is 23.4. The van der Waals surface area contributed by atoms with E-state index < -0.39 is 0 Å². The standard InChI is InChI=1S/C17H17NO.C17H16O2/c1-13-3-7-15(8-4-13)9-12-17(19)18-16-10-5-14(2)6-11-16;1-13-3-7-15(8-4-13)9-12-17(18)19-16-10-5-14(2)6-11-16/h3-12H,1-2H3,(H,18,19);3-12H,1-2H3/b2*12-9+. The van der Waals surface area contributed by atoms with Gasteiger partial charge in [0.15, 0.2) is 0 Å². The van der Waals surface area contributed by atoms with E-state index in [0.717, 1.165) is 22.4 Å². The molecule has 0 atom stereocenters. The normalized spacial score (nSPS) is 10.6. The van der Waals surface area contributed by atoms with Crippen LogP contribution in [0, 0.1) is 27.7 Å². The van der Waals surface area contributed by atoms with Crippen LogP contribution in [0.3, 0.4) is 0 Å². The van der Waals surface area contributed by atoms with Gasteiger partial charge >= 0.3 is 5.97 Å². The third-order valence-corrected chi connectivity index (χ3v) is 5.55. The summed E-state index contributed by atoms with van der Waals surface area (Å²) in [6.07, 6.45) is 6.54. The van der Waals surface area contributed by atoms with Crippen molar-refractivity contribution >= 4 is 29.7 Å². The maximum Gasteiger partial charge on any atom is 0.336 e. The molecule has 4 nitrogen and oxygen atoms in total. The number of benzene rings is 4. The molecule has 0 saturated heterocycles. The van der Waals surface area contributed by atoms with Gasteiger partial charge in [0.1, 0.15) is 5.75 Å². The summed E-state index contributed by atoms with van der Waals surface area (Å²) in [5.41, 5.74) is 7.52. The molecule has 0 fully saturated rings. The SMILES string of the molecule is Cc1ccc(/C=C/C(=O)Nc2ccc(C)cc2)cc1.Cc1ccc(/C=C/C(=O)Oc2ccc(C)cc2)cc1. The van der Waals surface area contributed by atoms with Crippen molar-refractivity contribution in [2.45, 2.75) is 27.7 Å². The number of rotatable bonds is 6. The minimum atomic E-state index is -0.371. The lowest BCUT2D eigenvalue weighted by molar-refractivity contribution is -0.128. The van der Waals surface area contributed by atoms with Crippen LogP contribution in [0.25, 0.3) is 12.2 Å². The molecule has 0 aliphatic carbocycles. The Hall–Kier alpha value is -4.70. The van der Waals surface area contributed by atoms with Gasteiger partial charge in [0.05, 0.1) is 0 Å². The number of anilines is 1. The highest BCUT2D eigenvalue weighted by molar-refractivity contribution is 6.01. The van der Waals surface area contributed by atoms with Gasteiger partial charge in [-0.1, -0.05) is 95.1 Å². The number of hydrogen-bond acceptors (Lipinski definition) is 3. The summed E-state index contributed by atoms with van der Waals surface area (Å²) in [5.74, 6) is 0.0676. The Labute approximate surface area is 225 Å². The summed E-state index contributed by atoms with van der Waals surface area (Å²) in [7, 11) is 0. The number of carbonyl (C=O) groups is 2. The molecule has 0 unspecified atom stereocenters. The molecular weight excluding hydrogens is 470 g/mol. The van der Waals surface area contributed by atoms with Gasteiger partial charge in [-0.2, -0.15) is 0 Å². The second-order valence-corrected chi connectivity index (χ2v) is 9.08. The fourth-order valence-electron chi connectivity index (χ4n) is 3.27. The van der Waals surface area contributed by atoms with E-state index in [4.69, 9.17) is 4.74 Å². The topological polar surface area (TPSA) is 55.4 Å². The lowest BCUT2D eigenvalue weighted by Gasteiger charge is -2.02. The first-order valence-corrected chi connectivity index (χ1v) is 12.4. The van der Waals surface area contributed by atoms with Crippen molar-refractivity contribution < 1.29 is 14.3 Å². The molecule has 38 heavy (non-hydrogen) atoms. The average molecular weight is 504 g/mol. The monoisotopic (exact) mass is 503 g/mol. The molecule has 1 amide bonds. The van der Waals surface area contributed by atoms with Crippen LogP contribution < -0.4 is 10.1 Å². The summed E-state index contributed by atoms with van der Waals surface area (Å²) in [5, 5.41) is 2.83. The molecule has 0 aromatic heterocycles. The van der Waals surface area contributed by atoms with Crippen LogP contribution in [-0.2, 0) is 9.59 Å². The van der Waals surface area contributed by atoms with Crippen molar-refractivity contribution in [2.24, 2.45) is 0 Å². The number of hydrogen-bond donors (Lipinski definition) is 1. The molecule has 4 aromatic carbocycles. The Morgan fingerprint density at radius 1 is 0.553 bits per heavy atom. The Bertz CT molecular complexity index is 1270. The van der Waals surface area contributed by atoms with E-state index in [1.165, 1.54) is 22.8 Å². The molecule has 0 aliphatic heterocycles. The molecule has 0 heterocycles. The van der Waals surface area contributed by atoms with Gasteiger partial charge in [-0.05, 0) is 75.2 Å². The van der Waals surface area contributed by atoms with Crippen molar-refractivity contribution in [1.82, 2.24) is 0 Å². The summed E-state index contributed by atoms with van der Waals surface area (Å²) in [6.45, 7) is 8.07. The van der Waals surface area contributed by atoms with Crippen LogP contribution in [0.2, 0.25) is 0 Å². The van der Waals surface area contributed by atoms with Crippen LogP contribution in [0.5, 0.6) is 5.75 Å². The van der Waals surface area contributed by atoms with E-state index in [-0.39, 0.29) is 11.9 Å². The Morgan fingerprint density at radius 3 is 1.42 bits per heavy atom. The molecule has 4 aromatic rings. The van der Waals surface area contributed by atoms with Gasteiger partial charge in [0.2, 0.25) is 5.91 Å². The van der Waals surface area contributed by atoms with Gasteiger partial charge in [-0.3, -0.25) is 4.79 Å². The van der Waals surface area contributed by atoms with Crippen LogP contribution in [0.15, 0.2) is 109 Å². The van der Waals surface area contributed by atoms with Gasteiger partial charge in [-0.25, -0.2) is 4.79 Å². The molecule has 0 aliphatic rings. The fourth-order valence-corrected chi connectivity index (χ4v) is 3.27. The summed E-state index contributed by atoms with van der Waals surface area (Å²) < 4.78 is 5.19. The number of nitrogens with one attached hydrogen (secondary N) is 1. The van der Waals surface area contributed by atoms with E-state index in [1.807, 2.05) is 119 Å². The number of ether oxygens (including phenoxy) is 1. The van der Waals surface area contributed by atoms with Gasteiger partial charge < -0.3 is 10.1 Å². The zero-order chi connectivity index (χ0) is 27.3. The van der Waals surface area contributed by atoms with Crippen LogP contribution in [0.1, 0.15) is 33.4 Å². The van der Waals surface area contributed by atoms with Crippen molar-refractivity contribution in [1.29, 1.82) is 0 Å². The largest absolute Gasteiger partial charge is 0.423 e. The molecule has 0 radical (unpaired) electrons. The third kappa shape index (κ3) is 10.1. The maximum atomic E-state index is 11.7. The van der Waals surface area contributed by atoms with Gasteiger partial charge in [-0.15, -0.1) is 0 Å². The van der Waals surface area contributed by atoms with E-state index in [0.29, 0.717) is 5.75 Å². The number of amides is 1. The highest BCUT2D eigenvalue weighted by atomic mass is 16.5. The smallest absolute Gasteiger partial charge is 0.336 e. The minimum Gasteiger partial charge on any atom is -0.423 e. The number of carbonyl (C=O) groups excluding carboxylic acids is 2. The Balaban J connectivity index is 0.000000211. The highest BCUT2D eigenvalue weighted by Crippen LogP contribution is 2.13. The predicted octanol–water partition coefficient (Wildman–Crippen LogP) is 7.88. The van der Waals surface area contributed by atoms with Crippen LogP contribution in [-0.4, -0.2) is 11.9 Å². The van der Waals surface area contributed by atoms with Crippen LogP contribution >= 0.6 is 0 Å². The quantitative estimate of drug-likeness (QED) is 0.165. The molecule has 0 saturated carbocycles. The van der Waals surface area contributed by atoms with Gasteiger partial charge in [0.25, 0.3) is 0 Å². The van der Waals surface area contributed by atoms with E-state index in [1.54, 1.807) is 24.3 Å². The van der Waals surface area contributed by atoms with Crippen molar-refractivity contribution in [3.05, 3.63) is 143 Å². The second-order valence-electron chi connectivity index (χ2n) is 9.08. The minimum absolute atomic E-state index is 0.121. The molecule has 4 heteroatoms. The fraction of sp³-hybridized carbons (Fsp3) is 0.118. The Morgan fingerprint density at radius 2 is 0.947 bits per heavy atom. The van der Waals surface area contributed by atoms with E-state index in [9.17, 15) is 9.59 Å². The molecule has 192 valence electrons. The average Bonchev–Trinajstić information content (AvgIpc) is 2.91. The first kappa shape index (κ1) is 27.9. The maximum absolute atomic E-state index is 11.7. The van der Waals surface area contributed by atoms with E-state index in [2.05, 4.69) is 5.32 Å². The predicted molar refractivity (Wildman–Crippen MR) is 157 cm³/mol. The summed E-state index contributed by atoms with van der Waals surface area (Å²) in [6, 6.07) is 31.1. The highest BCUT2D eigenvalue weighted by Gasteiger charge is 2.00. The zero-order valence-corrected chi connectivity index (χ0v) is 22.3. The number of esters is 1.